The molecule has 0 saturated carbocycles. The summed E-state index contributed by atoms with van der Waals surface area (Å²) < 4.78 is 19.4. The lowest BCUT2D eigenvalue weighted by Gasteiger charge is -2.06. The van der Waals surface area contributed by atoms with Crippen LogP contribution < -0.4 is 10.9 Å². The summed E-state index contributed by atoms with van der Waals surface area (Å²) in [5, 5.41) is 23.8. The Hall–Kier alpha value is -3.87. The molecule has 0 saturated heterocycles. The second-order valence-electron chi connectivity index (χ2n) is 5.84. The summed E-state index contributed by atoms with van der Waals surface area (Å²) in [6.45, 7) is 0. The van der Waals surface area contributed by atoms with Gasteiger partial charge in [-0.2, -0.15) is 5.10 Å². The molecule has 0 radical (unpaired) electrons. The zero-order valence-electron chi connectivity index (χ0n) is 13.8. The fourth-order valence-electron chi connectivity index (χ4n) is 2.81. The van der Waals surface area contributed by atoms with E-state index in [1.165, 1.54) is 24.4 Å². The van der Waals surface area contributed by atoms with E-state index in [9.17, 15) is 19.4 Å². The van der Waals surface area contributed by atoms with E-state index in [1.54, 1.807) is 30.3 Å². The van der Waals surface area contributed by atoms with Gasteiger partial charge in [0.05, 0.1) is 17.3 Å². The van der Waals surface area contributed by atoms with E-state index in [-0.39, 0.29) is 39.1 Å². The molecule has 4 rings (SSSR count). The molecule has 7 heteroatoms. The van der Waals surface area contributed by atoms with Crippen molar-refractivity contribution in [2.75, 3.05) is 5.43 Å². The minimum atomic E-state index is -0.448. The molecule has 1 heterocycles. The molecule has 0 aliphatic carbocycles. The van der Waals surface area contributed by atoms with Crippen LogP contribution in [0.1, 0.15) is 5.56 Å². The molecule has 1 aromatic heterocycles. The maximum Gasteiger partial charge on any atom is 0.204 e. The number of nitrogens with zero attached hydrogens (tertiary/aromatic N) is 1. The van der Waals surface area contributed by atoms with Crippen molar-refractivity contribution < 1.29 is 19.0 Å². The number of phenolic OH excluding ortho intramolecular Hbond substituents is 2. The average molecular weight is 364 g/mol. The van der Waals surface area contributed by atoms with Gasteiger partial charge in [-0.05, 0) is 24.3 Å². The molecule has 0 unspecified atom stereocenters. The van der Waals surface area contributed by atoms with Crippen molar-refractivity contribution in [3.8, 4) is 11.5 Å². The normalized spacial score (nSPS) is 11.4. The van der Waals surface area contributed by atoms with Crippen molar-refractivity contribution >= 4 is 33.8 Å². The Morgan fingerprint density at radius 3 is 2.70 bits per heavy atom. The molecule has 0 aliphatic rings. The number of hydrazone groups is 1. The standard InChI is InChI=1S/C20H13FN2O4/c21-14-6-1-2-7-15(14)23-22-10-11-4-3-5-13-19(26)18-16(25)8-12(24)9-17(18)27-20(11)13/h1-10,23-25H/b22-10-. The van der Waals surface area contributed by atoms with Gasteiger partial charge in [0.15, 0.2) is 0 Å². The number of hydrogen-bond donors (Lipinski definition) is 3. The van der Waals surface area contributed by atoms with Gasteiger partial charge in [0, 0.05) is 17.7 Å². The third-order valence-corrected chi connectivity index (χ3v) is 4.06. The summed E-state index contributed by atoms with van der Waals surface area (Å²) in [4.78, 5) is 12.7. The molecule has 0 aliphatic heterocycles. The van der Waals surface area contributed by atoms with Gasteiger partial charge in [-0.15, -0.1) is 0 Å². The van der Waals surface area contributed by atoms with Crippen LogP contribution in [0.2, 0.25) is 0 Å². The molecular formula is C20H13FN2O4. The molecule has 27 heavy (non-hydrogen) atoms. The fraction of sp³-hybridized carbons (Fsp3) is 0. The molecule has 0 bridgehead atoms. The average Bonchev–Trinajstić information content (AvgIpc) is 2.63. The van der Waals surface area contributed by atoms with Crippen LogP contribution in [0.25, 0.3) is 21.9 Å². The first-order valence-electron chi connectivity index (χ1n) is 8.00. The summed E-state index contributed by atoms with van der Waals surface area (Å²) in [5.41, 5.74) is 3.12. The van der Waals surface area contributed by atoms with Crippen molar-refractivity contribution in [2.45, 2.75) is 0 Å². The minimum Gasteiger partial charge on any atom is -0.508 e. The van der Waals surface area contributed by atoms with Crippen LogP contribution in [0.4, 0.5) is 10.1 Å². The highest BCUT2D eigenvalue weighted by Gasteiger charge is 2.14. The second kappa shape index (κ2) is 6.45. The van der Waals surface area contributed by atoms with E-state index in [0.29, 0.717) is 5.56 Å². The molecule has 6 nitrogen and oxygen atoms in total. The summed E-state index contributed by atoms with van der Waals surface area (Å²) in [6.07, 6.45) is 1.40. The Bertz CT molecular complexity index is 1260. The first kappa shape index (κ1) is 16.6. The Morgan fingerprint density at radius 2 is 1.89 bits per heavy atom. The number of halogens is 1. The molecule has 0 atom stereocenters. The van der Waals surface area contributed by atoms with E-state index in [1.807, 2.05) is 0 Å². The number of nitrogens with one attached hydrogen (secondary N) is 1. The predicted molar refractivity (Wildman–Crippen MR) is 101 cm³/mol. The topological polar surface area (TPSA) is 95.1 Å². The highest BCUT2D eigenvalue weighted by molar-refractivity contribution is 6.01. The summed E-state index contributed by atoms with van der Waals surface area (Å²) >= 11 is 0. The number of fused-ring (bicyclic) bond motifs is 2. The number of anilines is 1. The third kappa shape index (κ3) is 2.95. The summed E-state index contributed by atoms with van der Waals surface area (Å²) in [5.74, 6) is -1.04. The zero-order chi connectivity index (χ0) is 19.0. The van der Waals surface area contributed by atoms with Gasteiger partial charge in [0.2, 0.25) is 5.43 Å². The lowest BCUT2D eigenvalue weighted by Crippen LogP contribution is -2.04. The van der Waals surface area contributed by atoms with Crippen LogP contribution in [-0.4, -0.2) is 16.4 Å². The lowest BCUT2D eigenvalue weighted by molar-refractivity contribution is 0.453. The van der Waals surface area contributed by atoms with Crippen LogP contribution in [0.3, 0.4) is 0 Å². The Morgan fingerprint density at radius 1 is 1.07 bits per heavy atom. The summed E-state index contributed by atoms with van der Waals surface area (Å²) in [7, 11) is 0. The number of hydrogen-bond acceptors (Lipinski definition) is 6. The van der Waals surface area contributed by atoms with Gasteiger partial charge >= 0.3 is 0 Å². The van der Waals surface area contributed by atoms with Crippen LogP contribution in [0, 0.1) is 5.82 Å². The molecule has 0 amide bonds. The van der Waals surface area contributed by atoms with Crippen molar-refractivity contribution in [2.24, 2.45) is 5.10 Å². The molecule has 3 N–H and O–H groups in total. The Balaban J connectivity index is 1.83. The van der Waals surface area contributed by atoms with E-state index < -0.39 is 11.2 Å². The van der Waals surface area contributed by atoms with Crippen molar-refractivity contribution in [1.29, 1.82) is 0 Å². The zero-order valence-corrected chi connectivity index (χ0v) is 13.8. The monoisotopic (exact) mass is 364 g/mol. The number of rotatable bonds is 3. The SMILES string of the molecule is O=c1c2cccc(/C=N\Nc3ccccc3F)c2oc2cc(O)cc(O)c12. The van der Waals surface area contributed by atoms with Crippen molar-refractivity contribution in [1.82, 2.24) is 0 Å². The largest absolute Gasteiger partial charge is 0.508 e. The molecule has 0 spiro atoms. The van der Waals surface area contributed by atoms with E-state index >= 15 is 0 Å². The van der Waals surface area contributed by atoms with Gasteiger partial charge < -0.3 is 14.6 Å². The maximum atomic E-state index is 13.6. The summed E-state index contributed by atoms with van der Waals surface area (Å²) in [6, 6.07) is 13.3. The second-order valence-corrected chi connectivity index (χ2v) is 5.84. The van der Waals surface area contributed by atoms with Crippen molar-refractivity contribution in [3.05, 3.63) is 76.2 Å². The first-order chi connectivity index (χ1) is 13.0. The lowest BCUT2D eigenvalue weighted by atomic mass is 10.1. The molecular weight excluding hydrogens is 351 g/mol. The number of phenols is 2. The maximum absolute atomic E-state index is 13.6. The van der Waals surface area contributed by atoms with Crippen molar-refractivity contribution in [3.63, 3.8) is 0 Å². The van der Waals surface area contributed by atoms with E-state index in [0.717, 1.165) is 6.07 Å². The van der Waals surface area contributed by atoms with Crippen LogP contribution in [0.15, 0.2) is 68.9 Å². The van der Waals surface area contributed by atoms with Gasteiger partial charge in [-0.3, -0.25) is 10.2 Å². The van der Waals surface area contributed by atoms with Gasteiger partial charge in [-0.1, -0.05) is 18.2 Å². The van der Waals surface area contributed by atoms with E-state index in [2.05, 4.69) is 10.5 Å². The predicted octanol–water partition coefficient (Wildman–Crippen LogP) is 3.94. The fourth-order valence-corrected chi connectivity index (χ4v) is 2.81. The highest BCUT2D eigenvalue weighted by atomic mass is 19.1. The Kier molecular flexibility index (Phi) is 3.97. The van der Waals surface area contributed by atoms with E-state index in [4.69, 9.17) is 4.42 Å². The van der Waals surface area contributed by atoms with Gasteiger partial charge in [0.1, 0.15) is 33.9 Å². The smallest absolute Gasteiger partial charge is 0.204 e. The highest BCUT2D eigenvalue weighted by Crippen LogP contribution is 2.30. The minimum absolute atomic E-state index is 0.0149. The molecule has 134 valence electrons. The van der Waals surface area contributed by atoms with Gasteiger partial charge in [-0.25, -0.2) is 4.39 Å². The number of para-hydroxylation sites is 2. The quantitative estimate of drug-likeness (QED) is 0.291. The Labute approximate surface area is 151 Å². The van der Waals surface area contributed by atoms with Gasteiger partial charge in [0.25, 0.3) is 0 Å². The third-order valence-electron chi connectivity index (χ3n) is 4.06. The first-order valence-corrected chi connectivity index (χ1v) is 8.00. The van der Waals surface area contributed by atoms with Crippen LogP contribution in [0.5, 0.6) is 11.5 Å². The molecule has 4 aromatic rings. The number of benzene rings is 3. The number of aromatic hydroxyl groups is 2. The van der Waals surface area contributed by atoms with Crippen LogP contribution in [-0.2, 0) is 0 Å². The molecule has 3 aromatic carbocycles. The van der Waals surface area contributed by atoms with Crippen LogP contribution >= 0.6 is 0 Å². The molecule has 0 fully saturated rings.